The van der Waals surface area contributed by atoms with E-state index in [1.807, 2.05) is 19.1 Å². The van der Waals surface area contributed by atoms with Crippen LogP contribution in [0.25, 0.3) is 0 Å². The molecule has 1 aromatic carbocycles. The van der Waals surface area contributed by atoms with Crippen LogP contribution >= 0.6 is 11.8 Å². The van der Waals surface area contributed by atoms with Crippen molar-refractivity contribution in [1.29, 1.82) is 0 Å². The second kappa shape index (κ2) is 9.78. The number of ether oxygens (including phenoxy) is 2. The maximum atomic E-state index is 12.0. The quantitative estimate of drug-likeness (QED) is 0.717. The lowest BCUT2D eigenvalue weighted by Gasteiger charge is -2.09. The van der Waals surface area contributed by atoms with E-state index in [2.05, 4.69) is 10.3 Å². The van der Waals surface area contributed by atoms with Gasteiger partial charge in [0.15, 0.2) is 5.75 Å². The number of hydrogen-bond acceptors (Lipinski definition) is 5. The van der Waals surface area contributed by atoms with E-state index in [-0.39, 0.29) is 17.1 Å². The van der Waals surface area contributed by atoms with Crippen molar-refractivity contribution < 1.29 is 14.3 Å². The first-order chi connectivity index (χ1) is 12.1. The number of pyridine rings is 1. The highest BCUT2D eigenvalue weighted by Gasteiger charge is 2.08. The number of amides is 1. The molecule has 0 bridgehead atoms. The van der Waals surface area contributed by atoms with Crippen molar-refractivity contribution in [2.45, 2.75) is 19.1 Å². The van der Waals surface area contributed by atoms with E-state index >= 15 is 0 Å². The topological polar surface area (TPSA) is 80.4 Å². The molecule has 6 nitrogen and oxygen atoms in total. The predicted octanol–water partition coefficient (Wildman–Crippen LogP) is 3.04. The second-order valence-electron chi connectivity index (χ2n) is 5.28. The normalized spacial score (nSPS) is 10.3. The lowest BCUT2D eigenvalue weighted by Crippen LogP contribution is -2.15. The molecule has 7 heteroatoms. The van der Waals surface area contributed by atoms with Crippen LogP contribution in [0.3, 0.4) is 0 Å². The number of aromatic nitrogens is 1. The van der Waals surface area contributed by atoms with Crippen LogP contribution in [0.2, 0.25) is 0 Å². The van der Waals surface area contributed by atoms with Crippen molar-refractivity contribution in [2.24, 2.45) is 0 Å². The summed E-state index contributed by atoms with van der Waals surface area (Å²) in [5.41, 5.74) is 1.24. The third-order valence-corrected chi connectivity index (χ3v) is 4.25. The molecule has 0 fully saturated rings. The van der Waals surface area contributed by atoms with Gasteiger partial charge in [0.25, 0.3) is 0 Å². The van der Waals surface area contributed by atoms with Gasteiger partial charge in [-0.05, 0) is 18.6 Å². The molecule has 1 heterocycles. The summed E-state index contributed by atoms with van der Waals surface area (Å²) in [6, 6.07) is 8.76. The first-order valence-corrected chi connectivity index (χ1v) is 9.14. The van der Waals surface area contributed by atoms with Crippen molar-refractivity contribution in [2.75, 3.05) is 24.8 Å². The van der Waals surface area contributed by atoms with Crippen molar-refractivity contribution in [3.05, 3.63) is 52.4 Å². The minimum Gasteiger partial charge on any atom is -0.495 e. The number of hydrogen-bond donors (Lipinski definition) is 2. The van der Waals surface area contributed by atoms with Crippen molar-refractivity contribution in [3.8, 4) is 11.5 Å². The molecule has 0 radical (unpaired) electrons. The molecule has 0 spiro atoms. The van der Waals surface area contributed by atoms with Crippen molar-refractivity contribution in [3.63, 3.8) is 0 Å². The Bertz CT molecular complexity index is 761. The van der Waals surface area contributed by atoms with E-state index in [1.54, 1.807) is 25.4 Å². The number of H-pyrrole nitrogens is 1. The Morgan fingerprint density at radius 2 is 2.08 bits per heavy atom. The zero-order valence-electron chi connectivity index (χ0n) is 14.3. The van der Waals surface area contributed by atoms with E-state index in [4.69, 9.17) is 9.47 Å². The van der Waals surface area contributed by atoms with Gasteiger partial charge >= 0.3 is 0 Å². The molecular weight excluding hydrogens is 340 g/mol. The molecule has 2 rings (SSSR count). The fourth-order valence-corrected chi connectivity index (χ4v) is 2.84. The lowest BCUT2D eigenvalue weighted by atomic mass is 10.3. The number of aromatic amines is 1. The summed E-state index contributed by atoms with van der Waals surface area (Å²) < 4.78 is 10.5. The number of carbonyl (C=O) groups is 1. The van der Waals surface area contributed by atoms with E-state index in [0.29, 0.717) is 29.5 Å². The Morgan fingerprint density at radius 3 is 2.80 bits per heavy atom. The van der Waals surface area contributed by atoms with Crippen LogP contribution in [0.4, 0.5) is 5.69 Å². The van der Waals surface area contributed by atoms with Crippen molar-refractivity contribution in [1.82, 2.24) is 4.98 Å². The Labute approximate surface area is 150 Å². The van der Waals surface area contributed by atoms with Gasteiger partial charge in [-0.2, -0.15) is 0 Å². The molecule has 0 unspecified atom stereocenters. The molecule has 0 aliphatic heterocycles. The van der Waals surface area contributed by atoms with Gasteiger partial charge in [-0.15, -0.1) is 11.8 Å². The van der Waals surface area contributed by atoms with Gasteiger partial charge in [0.1, 0.15) is 5.75 Å². The third kappa shape index (κ3) is 5.86. The van der Waals surface area contributed by atoms with Crippen LogP contribution in [0, 0.1) is 0 Å². The van der Waals surface area contributed by atoms with Crippen LogP contribution in [0.1, 0.15) is 19.0 Å². The number of anilines is 1. The van der Waals surface area contributed by atoms with Gasteiger partial charge in [-0.3, -0.25) is 9.59 Å². The molecule has 1 amide bonds. The zero-order chi connectivity index (χ0) is 18.1. The largest absolute Gasteiger partial charge is 0.495 e. The SMILES string of the molecule is CCCOc1c[nH]c(CSCC(=O)Nc2ccccc2OC)cc1=O. The highest BCUT2D eigenvalue weighted by atomic mass is 32.2. The molecular formula is C18H22N2O4S. The standard InChI is InChI=1S/C18H22N2O4S/c1-3-8-24-17-10-19-13(9-15(17)21)11-25-12-18(22)20-14-6-4-5-7-16(14)23-2/h4-7,9-10H,3,8,11-12H2,1-2H3,(H,19,21)(H,20,22). The average Bonchev–Trinajstić information content (AvgIpc) is 2.61. The summed E-state index contributed by atoms with van der Waals surface area (Å²) in [6.45, 7) is 2.50. The highest BCUT2D eigenvalue weighted by molar-refractivity contribution is 7.99. The van der Waals surface area contributed by atoms with Gasteiger partial charge < -0.3 is 19.8 Å². The predicted molar refractivity (Wildman–Crippen MR) is 101 cm³/mol. The molecule has 2 N–H and O–H groups in total. The summed E-state index contributed by atoms with van der Waals surface area (Å²) in [7, 11) is 1.56. The summed E-state index contributed by atoms with van der Waals surface area (Å²) in [5.74, 6) is 1.62. The molecule has 25 heavy (non-hydrogen) atoms. The van der Waals surface area contributed by atoms with E-state index in [9.17, 15) is 9.59 Å². The summed E-state index contributed by atoms with van der Waals surface area (Å²) in [5, 5.41) is 2.81. The van der Waals surface area contributed by atoms with Gasteiger partial charge in [0.2, 0.25) is 11.3 Å². The summed E-state index contributed by atoms with van der Waals surface area (Å²) in [6.07, 6.45) is 2.42. The van der Waals surface area contributed by atoms with Crippen LogP contribution in [0.5, 0.6) is 11.5 Å². The van der Waals surface area contributed by atoms with Crippen molar-refractivity contribution >= 4 is 23.4 Å². The molecule has 1 aromatic heterocycles. The van der Waals surface area contributed by atoms with Gasteiger partial charge in [-0.25, -0.2) is 0 Å². The third-order valence-electron chi connectivity index (χ3n) is 3.27. The number of carbonyl (C=O) groups excluding carboxylic acids is 1. The molecule has 0 saturated carbocycles. The minimum absolute atomic E-state index is 0.125. The maximum absolute atomic E-state index is 12.0. The van der Waals surface area contributed by atoms with E-state index in [0.717, 1.165) is 12.1 Å². The molecule has 2 aromatic rings. The highest BCUT2D eigenvalue weighted by Crippen LogP contribution is 2.23. The van der Waals surface area contributed by atoms with Gasteiger partial charge in [-0.1, -0.05) is 19.1 Å². The smallest absolute Gasteiger partial charge is 0.234 e. The van der Waals surface area contributed by atoms with Gasteiger partial charge in [0, 0.05) is 23.7 Å². The monoisotopic (exact) mass is 362 g/mol. The number of benzene rings is 1. The number of nitrogens with one attached hydrogen (secondary N) is 2. The Hall–Kier alpha value is -2.41. The fraction of sp³-hybridized carbons (Fsp3) is 0.333. The molecule has 0 aliphatic carbocycles. The number of para-hydroxylation sites is 2. The number of methoxy groups -OCH3 is 1. The Morgan fingerprint density at radius 1 is 1.28 bits per heavy atom. The lowest BCUT2D eigenvalue weighted by molar-refractivity contribution is -0.113. The first kappa shape index (κ1) is 18.9. The first-order valence-electron chi connectivity index (χ1n) is 7.99. The average molecular weight is 362 g/mol. The van der Waals surface area contributed by atoms with Crippen LogP contribution in [-0.4, -0.2) is 30.4 Å². The van der Waals surface area contributed by atoms with Gasteiger partial charge in [0.05, 0.1) is 25.2 Å². The Balaban J connectivity index is 1.83. The van der Waals surface area contributed by atoms with E-state index in [1.165, 1.54) is 17.8 Å². The minimum atomic E-state index is -0.152. The Kier molecular flexibility index (Phi) is 7.40. The second-order valence-corrected chi connectivity index (χ2v) is 6.26. The van der Waals surface area contributed by atoms with Crippen LogP contribution < -0.4 is 20.2 Å². The molecule has 0 saturated heterocycles. The van der Waals surface area contributed by atoms with E-state index < -0.39 is 0 Å². The molecule has 0 aliphatic rings. The zero-order valence-corrected chi connectivity index (χ0v) is 15.2. The summed E-state index contributed by atoms with van der Waals surface area (Å²) >= 11 is 1.42. The number of rotatable bonds is 9. The maximum Gasteiger partial charge on any atom is 0.234 e. The fourth-order valence-electron chi connectivity index (χ4n) is 2.10. The number of thioether (sulfide) groups is 1. The van der Waals surface area contributed by atoms with Crippen LogP contribution in [-0.2, 0) is 10.5 Å². The molecule has 0 atom stereocenters. The molecule has 134 valence electrons. The summed E-state index contributed by atoms with van der Waals surface area (Å²) in [4.78, 5) is 27.0. The van der Waals surface area contributed by atoms with Crippen LogP contribution in [0.15, 0.2) is 41.3 Å².